The molecule has 0 radical (unpaired) electrons. The van der Waals surface area contributed by atoms with Crippen LogP contribution in [-0.2, 0) is 4.79 Å². The summed E-state index contributed by atoms with van der Waals surface area (Å²) in [6.45, 7) is 11.1. The van der Waals surface area contributed by atoms with Gasteiger partial charge in [0.05, 0.1) is 5.92 Å². The van der Waals surface area contributed by atoms with E-state index in [1.54, 1.807) is 6.92 Å². The van der Waals surface area contributed by atoms with Gasteiger partial charge in [-0.25, -0.2) is 0 Å². The molecule has 0 amide bonds. The van der Waals surface area contributed by atoms with E-state index in [0.29, 0.717) is 12.6 Å². The molecule has 0 aliphatic carbocycles. The molecule has 1 saturated heterocycles. The predicted octanol–water partition coefficient (Wildman–Crippen LogP) is 1.12. The Labute approximate surface area is 98.2 Å². The first kappa shape index (κ1) is 13.5. The first-order valence-electron chi connectivity index (χ1n) is 6.27. The first-order chi connectivity index (χ1) is 7.58. The standard InChI is InChI=1S/C12H24N2O2/c1-4-14(5-2)11-6-7-13(9-11)8-10(3)12(15)16/h10-11H,4-9H2,1-3H3,(H,15,16). The molecule has 0 spiro atoms. The number of rotatable bonds is 6. The van der Waals surface area contributed by atoms with Crippen molar-refractivity contribution in [2.45, 2.75) is 33.2 Å². The van der Waals surface area contributed by atoms with Crippen LogP contribution in [0, 0.1) is 5.92 Å². The van der Waals surface area contributed by atoms with Gasteiger partial charge in [0.2, 0.25) is 0 Å². The number of carbonyl (C=O) groups is 1. The maximum Gasteiger partial charge on any atom is 0.307 e. The van der Waals surface area contributed by atoms with Crippen LogP contribution in [0.5, 0.6) is 0 Å². The minimum atomic E-state index is -0.689. The molecule has 1 fully saturated rings. The maximum absolute atomic E-state index is 10.8. The number of likely N-dealkylation sites (N-methyl/N-ethyl adjacent to an activating group) is 1. The van der Waals surface area contributed by atoms with Crippen LogP contribution in [0.4, 0.5) is 0 Å². The van der Waals surface area contributed by atoms with Crippen molar-refractivity contribution in [2.24, 2.45) is 5.92 Å². The van der Waals surface area contributed by atoms with E-state index >= 15 is 0 Å². The van der Waals surface area contributed by atoms with Crippen molar-refractivity contribution in [3.63, 3.8) is 0 Å². The van der Waals surface area contributed by atoms with Gasteiger partial charge < -0.3 is 10.0 Å². The largest absolute Gasteiger partial charge is 0.481 e. The molecular weight excluding hydrogens is 204 g/mol. The molecule has 1 heterocycles. The van der Waals surface area contributed by atoms with Crippen molar-refractivity contribution in [1.29, 1.82) is 0 Å². The zero-order valence-corrected chi connectivity index (χ0v) is 10.6. The SMILES string of the molecule is CCN(CC)C1CCN(CC(C)C(=O)O)C1. The molecule has 0 aromatic carbocycles. The van der Waals surface area contributed by atoms with Gasteiger partial charge in [-0.15, -0.1) is 0 Å². The highest BCUT2D eigenvalue weighted by Crippen LogP contribution is 2.16. The molecule has 2 unspecified atom stereocenters. The molecule has 0 bridgehead atoms. The van der Waals surface area contributed by atoms with Crippen LogP contribution in [0.3, 0.4) is 0 Å². The summed E-state index contributed by atoms with van der Waals surface area (Å²) in [7, 11) is 0. The number of hydrogen-bond acceptors (Lipinski definition) is 3. The van der Waals surface area contributed by atoms with E-state index in [-0.39, 0.29) is 5.92 Å². The number of hydrogen-bond donors (Lipinski definition) is 1. The lowest BCUT2D eigenvalue weighted by Gasteiger charge is -2.26. The van der Waals surface area contributed by atoms with Crippen molar-refractivity contribution in [3.05, 3.63) is 0 Å². The number of aliphatic carboxylic acids is 1. The van der Waals surface area contributed by atoms with Gasteiger partial charge in [-0.05, 0) is 26.1 Å². The fraction of sp³-hybridized carbons (Fsp3) is 0.917. The topological polar surface area (TPSA) is 43.8 Å². The van der Waals surface area contributed by atoms with Crippen molar-refractivity contribution < 1.29 is 9.90 Å². The van der Waals surface area contributed by atoms with Crippen molar-refractivity contribution in [2.75, 3.05) is 32.7 Å². The summed E-state index contributed by atoms with van der Waals surface area (Å²) >= 11 is 0. The van der Waals surface area contributed by atoms with Gasteiger partial charge in [0, 0.05) is 19.1 Å². The molecule has 0 saturated carbocycles. The normalized spacial score (nSPS) is 23.9. The van der Waals surface area contributed by atoms with Crippen LogP contribution in [0.15, 0.2) is 0 Å². The molecule has 4 heteroatoms. The molecule has 4 nitrogen and oxygen atoms in total. The summed E-state index contributed by atoms with van der Waals surface area (Å²) in [5, 5.41) is 8.87. The second kappa shape index (κ2) is 6.21. The molecular formula is C12H24N2O2. The second-order valence-electron chi connectivity index (χ2n) is 4.66. The lowest BCUT2D eigenvalue weighted by atomic mass is 10.2. The molecule has 1 aliphatic rings. The summed E-state index contributed by atoms with van der Waals surface area (Å²) < 4.78 is 0. The van der Waals surface area contributed by atoms with Gasteiger partial charge in [0.1, 0.15) is 0 Å². The third-order valence-electron chi connectivity index (χ3n) is 3.53. The maximum atomic E-state index is 10.8. The lowest BCUT2D eigenvalue weighted by Crippen LogP contribution is -2.38. The Bertz CT molecular complexity index is 229. The van der Waals surface area contributed by atoms with Crippen LogP contribution >= 0.6 is 0 Å². The summed E-state index contributed by atoms with van der Waals surface area (Å²) in [5.74, 6) is -0.943. The Kier molecular flexibility index (Phi) is 5.22. The average molecular weight is 228 g/mol. The van der Waals surface area contributed by atoms with E-state index in [4.69, 9.17) is 5.11 Å². The van der Waals surface area contributed by atoms with E-state index in [0.717, 1.165) is 26.2 Å². The predicted molar refractivity (Wildman–Crippen MR) is 64.6 cm³/mol. The van der Waals surface area contributed by atoms with Crippen molar-refractivity contribution in [3.8, 4) is 0 Å². The summed E-state index contributed by atoms with van der Waals surface area (Å²) in [5.41, 5.74) is 0. The number of carboxylic acid groups (broad SMARTS) is 1. The van der Waals surface area contributed by atoms with Gasteiger partial charge in [0.15, 0.2) is 0 Å². The Morgan fingerprint density at radius 1 is 1.50 bits per heavy atom. The molecule has 1 rings (SSSR count). The van der Waals surface area contributed by atoms with Gasteiger partial charge in [0.25, 0.3) is 0 Å². The zero-order chi connectivity index (χ0) is 12.1. The number of likely N-dealkylation sites (tertiary alicyclic amines) is 1. The fourth-order valence-corrected chi connectivity index (χ4v) is 2.48. The summed E-state index contributed by atoms with van der Waals surface area (Å²) in [6, 6.07) is 0.621. The molecule has 1 aliphatic heterocycles. The zero-order valence-electron chi connectivity index (χ0n) is 10.6. The van der Waals surface area contributed by atoms with Gasteiger partial charge in [-0.1, -0.05) is 20.8 Å². The third kappa shape index (κ3) is 3.46. The van der Waals surface area contributed by atoms with Gasteiger partial charge in [-0.3, -0.25) is 9.69 Å². The van der Waals surface area contributed by atoms with E-state index in [1.807, 2.05) is 0 Å². The van der Waals surface area contributed by atoms with E-state index in [1.165, 1.54) is 6.42 Å². The highest BCUT2D eigenvalue weighted by atomic mass is 16.4. The van der Waals surface area contributed by atoms with Crippen LogP contribution in [0.1, 0.15) is 27.2 Å². The molecule has 16 heavy (non-hydrogen) atoms. The number of carboxylic acids is 1. The van der Waals surface area contributed by atoms with E-state index < -0.39 is 5.97 Å². The van der Waals surface area contributed by atoms with Crippen LogP contribution in [0.2, 0.25) is 0 Å². The Morgan fingerprint density at radius 2 is 2.12 bits per heavy atom. The fourth-order valence-electron chi connectivity index (χ4n) is 2.48. The Balaban J connectivity index is 2.37. The first-order valence-corrected chi connectivity index (χ1v) is 6.27. The van der Waals surface area contributed by atoms with Gasteiger partial charge >= 0.3 is 5.97 Å². The third-order valence-corrected chi connectivity index (χ3v) is 3.53. The highest BCUT2D eigenvalue weighted by molar-refractivity contribution is 5.69. The molecule has 0 aromatic heterocycles. The van der Waals surface area contributed by atoms with Crippen molar-refractivity contribution in [1.82, 2.24) is 9.80 Å². The monoisotopic (exact) mass is 228 g/mol. The Morgan fingerprint density at radius 3 is 2.62 bits per heavy atom. The summed E-state index contributed by atoms with van der Waals surface area (Å²) in [4.78, 5) is 15.5. The van der Waals surface area contributed by atoms with E-state index in [2.05, 4.69) is 23.6 Å². The minimum Gasteiger partial charge on any atom is -0.481 e. The lowest BCUT2D eigenvalue weighted by molar-refractivity contribution is -0.141. The average Bonchev–Trinajstić information content (AvgIpc) is 2.68. The molecule has 2 atom stereocenters. The number of nitrogens with zero attached hydrogens (tertiary/aromatic N) is 2. The minimum absolute atomic E-state index is 0.254. The molecule has 1 N–H and O–H groups in total. The smallest absolute Gasteiger partial charge is 0.307 e. The van der Waals surface area contributed by atoms with E-state index in [9.17, 15) is 4.79 Å². The summed E-state index contributed by atoms with van der Waals surface area (Å²) in [6.07, 6.45) is 1.17. The quantitative estimate of drug-likeness (QED) is 0.740. The molecule has 94 valence electrons. The Hall–Kier alpha value is -0.610. The highest BCUT2D eigenvalue weighted by Gasteiger charge is 2.27. The van der Waals surface area contributed by atoms with Crippen LogP contribution in [-0.4, -0.2) is 59.6 Å². The van der Waals surface area contributed by atoms with Crippen molar-refractivity contribution >= 4 is 5.97 Å². The van der Waals surface area contributed by atoms with Crippen LogP contribution < -0.4 is 0 Å². The molecule has 0 aromatic rings. The van der Waals surface area contributed by atoms with Gasteiger partial charge in [-0.2, -0.15) is 0 Å². The van der Waals surface area contributed by atoms with Crippen LogP contribution in [0.25, 0.3) is 0 Å². The second-order valence-corrected chi connectivity index (χ2v) is 4.66.